The van der Waals surface area contributed by atoms with Crippen molar-refractivity contribution in [3.05, 3.63) is 23.5 Å². The normalized spacial score (nSPS) is 21.1. The van der Waals surface area contributed by atoms with Crippen molar-refractivity contribution in [1.29, 1.82) is 0 Å². The monoisotopic (exact) mass is 330 g/mol. The van der Waals surface area contributed by atoms with E-state index in [0.717, 1.165) is 12.3 Å². The molecule has 2 nitrogen and oxygen atoms in total. The number of aromatic nitrogens is 2. The molecular weight excluding hydrogens is 292 g/mol. The molecule has 0 radical (unpaired) electrons. The minimum absolute atomic E-state index is 0.665. The Labute approximate surface area is 149 Å². The summed E-state index contributed by atoms with van der Waals surface area (Å²) in [5.74, 6) is 1.64. The van der Waals surface area contributed by atoms with Gasteiger partial charge in [-0.3, -0.25) is 0 Å². The zero-order valence-electron chi connectivity index (χ0n) is 16.1. The van der Waals surface area contributed by atoms with E-state index in [1.54, 1.807) is 0 Å². The Hall–Kier alpha value is -0.920. The second kappa shape index (κ2) is 11.6. The first-order chi connectivity index (χ1) is 11.8. The largest absolute Gasteiger partial charge is 0.155 e. The van der Waals surface area contributed by atoms with Crippen molar-refractivity contribution in [2.45, 2.75) is 110 Å². The van der Waals surface area contributed by atoms with Gasteiger partial charge in [0, 0.05) is 5.92 Å². The van der Waals surface area contributed by atoms with E-state index in [-0.39, 0.29) is 0 Å². The molecule has 0 N–H and O–H groups in total. The van der Waals surface area contributed by atoms with E-state index in [4.69, 9.17) is 0 Å². The molecule has 1 aromatic rings. The van der Waals surface area contributed by atoms with E-state index < -0.39 is 0 Å². The third kappa shape index (κ3) is 6.91. The highest BCUT2D eigenvalue weighted by atomic mass is 15.1. The standard InChI is InChI=1S/C22H38N2/c1-3-5-7-8-10-11-19-13-15-20(16-14-19)22-18-17-21(23-24-22)12-9-6-4-2/h17-20H,3-16H2,1-2H3. The van der Waals surface area contributed by atoms with Crippen molar-refractivity contribution >= 4 is 0 Å². The molecule has 0 aromatic carbocycles. The molecule has 1 saturated carbocycles. The predicted octanol–water partition coefficient (Wildman–Crippen LogP) is 6.84. The molecule has 2 heteroatoms. The Kier molecular flexibility index (Phi) is 9.38. The average Bonchev–Trinajstić information content (AvgIpc) is 2.63. The van der Waals surface area contributed by atoms with Gasteiger partial charge >= 0.3 is 0 Å². The highest BCUT2D eigenvalue weighted by Crippen LogP contribution is 2.36. The smallest absolute Gasteiger partial charge is 0.0662 e. The first-order valence-electron chi connectivity index (χ1n) is 10.7. The molecule has 0 bridgehead atoms. The molecule has 24 heavy (non-hydrogen) atoms. The van der Waals surface area contributed by atoms with Crippen LogP contribution in [0.25, 0.3) is 0 Å². The summed E-state index contributed by atoms with van der Waals surface area (Å²) in [5, 5.41) is 9.02. The van der Waals surface area contributed by atoms with Crippen LogP contribution in [-0.2, 0) is 6.42 Å². The molecule has 1 fully saturated rings. The lowest BCUT2D eigenvalue weighted by Crippen LogP contribution is -2.15. The van der Waals surface area contributed by atoms with Crippen LogP contribution in [0.2, 0.25) is 0 Å². The molecule has 1 aromatic heterocycles. The van der Waals surface area contributed by atoms with E-state index in [0.29, 0.717) is 5.92 Å². The summed E-state index contributed by atoms with van der Waals surface area (Å²) in [4.78, 5) is 0. The second-order valence-corrected chi connectivity index (χ2v) is 7.83. The van der Waals surface area contributed by atoms with Crippen LogP contribution in [0.1, 0.15) is 115 Å². The molecule has 1 aliphatic rings. The molecule has 0 aliphatic heterocycles. The minimum Gasteiger partial charge on any atom is -0.155 e. The molecule has 0 spiro atoms. The summed E-state index contributed by atoms with van der Waals surface area (Å²) in [6.45, 7) is 4.54. The number of rotatable bonds is 11. The summed E-state index contributed by atoms with van der Waals surface area (Å²) >= 11 is 0. The van der Waals surface area contributed by atoms with Gasteiger partial charge in [-0.15, -0.1) is 0 Å². The van der Waals surface area contributed by atoms with Gasteiger partial charge in [0.15, 0.2) is 0 Å². The summed E-state index contributed by atoms with van der Waals surface area (Å²) in [6, 6.07) is 4.47. The summed E-state index contributed by atoms with van der Waals surface area (Å²) in [7, 11) is 0. The van der Waals surface area contributed by atoms with E-state index in [1.807, 2.05) is 0 Å². The van der Waals surface area contributed by atoms with E-state index in [2.05, 4.69) is 36.2 Å². The van der Waals surface area contributed by atoms with Gasteiger partial charge in [0.05, 0.1) is 11.4 Å². The molecule has 0 amide bonds. The average molecular weight is 331 g/mol. The van der Waals surface area contributed by atoms with Crippen LogP contribution >= 0.6 is 0 Å². The Bertz CT molecular complexity index is 418. The summed E-state index contributed by atoms with van der Waals surface area (Å²) in [5.41, 5.74) is 2.42. The first kappa shape index (κ1) is 19.4. The van der Waals surface area contributed by atoms with E-state index in [1.165, 1.54) is 94.9 Å². The molecule has 1 heterocycles. The first-order valence-corrected chi connectivity index (χ1v) is 10.7. The quantitative estimate of drug-likeness (QED) is 0.415. The van der Waals surface area contributed by atoms with Crippen LogP contribution < -0.4 is 0 Å². The van der Waals surface area contributed by atoms with Crippen molar-refractivity contribution in [3.8, 4) is 0 Å². The van der Waals surface area contributed by atoms with Gasteiger partial charge in [-0.05, 0) is 56.6 Å². The van der Waals surface area contributed by atoms with Crippen LogP contribution in [0.5, 0.6) is 0 Å². The molecule has 0 unspecified atom stereocenters. The molecule has 0 atom stereocenters. The predicted molar refractivity (Wildman–Crippen MR) is 103 cm³/mol. The van der Waals surface area contributed by atoms with Gasteiger partial charge in [0.25, 0.3) is 0 Å². The van der Waals surface area contributed by atoms with Gasteiger partial charge in [-0.25, -0.2) is 0 Å². The molecule has 2 rings (SSSR count). The molecule has 136 valence electrons. The zero-order valence-corrected chi connectivity index (χ0v) is 16.1. The lowest BCUT2D eigenvalue weighted by atomic mass is 9.78. The third-order valence-corrected chi connectivity index (χ3v) is 5.76. The Morgan fingerprint density at radius 1 is 0.792 bits per heavy atom. The van der Waals surface area contributed by atoms with Crippen molar-refractivity contribution in [3.63, 3.8) is 0 Å². The number of hydrogen-bond donors (Lipinski definition) is 0. The van der Waals surface area contributed by atoms with Crippen molar-refractivity contribution in [1.82, 2.24) is 10.2 Å². The lowest BCUT2D eigenvalue weighted by Gasteiger charge is -2.28. The van der Waals surface area contributed by atoms with Crippen LogP contribution in [0.3, 0.4) is 0 Å². The molecule has 1 aliphatic carbocycles. The van der Waals surface area contributed by atoms with Gasteiger partial charge in [-0.1, -0.05) is 65.2 Å². The number of nitrogens with zero attached hydrogens (tertiary/aromatic N) is 2. The van der Waals surface area contributed by atoms with Crippen molar-refractivity contribution in [2.75, 3.05) is 0 Å². The fourth-order valence-corrected chi connectivity index (χ4v) is 4.06. The fourth-order valence-electron chi connectivity index (χ4n) is 4.06. The maximum atomic E-state index is 4.55. The van der Waals surface area contributed by atoms with Crippen molar-refractivity contribution in [2.24, 2.45) is 5.92 Å². The zero-order chi connectivity index (χ0) is 17.0. The van der Waals surface area contributed by atoms with Gasteiger partial charge in [-0.2, -0.15) is 10.2 Å². The van der Waals surface area contributed by atoms with Gasteiger partial charge < -0.3 is 0 Å². The SMILES string of the molecule is CCCCCCCC1CCC(c2ccc(CCCCC)nn2)CC1. The van der Waals surface area contributed by atoms with Gasteiger partial charge in [0.2, 0.25) is 0 Å². The summed E-state index contributed by atoms with van der Waals surface area (Å²) < 4.78 is 0. The van der Waals surface area contributed by atoms with E-state index in [9.17, 15) is 0 Å². The molecular formula is C22H38N2. The highest BCUT2D eigenvalue weighted by Gasteiger charge is 2.23. The third-order valence-electron chi connectivity index (χ3n) is 5.76. The minimum atomic E-state index is 0.665. The Balaban J connectivity index is 1.66. The number of aryl methyl sites for hydroxylation is 1. The van der Waals surface area contributed by atoms with Crippen LogP contribution in [0, 0.1) is 5.92 Å². The van der Waals surface area contributed by atoms with Crippen molar-refractivity contribution < 1.29 is 0 Å². The number of unbranched alkanes of at least 4 members (excludes halogenated alkanes) is 6. The van der Waals surface area contributed by atoms with Gasteiger partial charge in [0.1, 0.15) is 0 Å². The fraction of sp³-hybridized carbons (Fsp3) is 0.818. The maximum Gasteiger partial charge on any atom is 0.0662 e. The second-order valence-electron chi connectivity index (χ2n) is 7.83. The Morgan fingerprint density at radius 3 is 2.17 bits per heavy atom. The number of hydrogen-bond acceptors (Lipinski definition) is 2. The van der Waals surface area contributed by atoms with Crippen LogP contribution in [-0.4, -0.2) is 10.2 Å². The van der Waals surface area contributed by atoms with Crippen LogP contribution in [0.4, 0.5) is 0 Å². The molecule has 0 saturated heterocycles. The van der Waals surface area contributed by atoms with Crippen LogP contribution in [0.15, 0.2) is 12.1 Å². The lowest BCUT2D eigenvalue weighted by molar-refractivity contribution is 0.298. The maximum absolute atomic E-state index is 4.55. The highest BCUT2D eigenvalue weighted by molar-refractivity contribution is 5.12. The van der Waals surface area contributed by atoms with E-state index >= 15 is 0 Å². The topological polar surface area (TPSA) is 25.8 Å². The summed E-state index contributed by atoms with van der Waals surface area (Å²) in [6.07, 6.45) is 18.9. The Morgan fingerprint density at radius 2 is 1.50 bits per heavy atom.